The third-order valence-corrected chi connectivity index (χ3v) is 22.1. The summed E-state index contributed by atoms with van der Waals surface area (Å²) in [5.41, 5.74) is 20.1. The highest BCUT2D eigenvalue weighted by Gasteiger charge is 2.60. The lowest BCUT2D eigenvalue weighted by molar-refractivity contribution is -0.114. The summed E-state index contributed by atoms with van der Waals surface area (Å²) in [6, 6.07) is 24.9. The van der Waals surface area contributed by atoms with E-state index in [4.69, 9.17) is 16.2 Å². The number of nitrogens with one attached hydrogen (secondary N) is 1. The van der Waals surface area contributed by atoms with Crippen molar-refractivity contribution in [3.8, 4) is 29.1 Å². The van der Waals surface area contributed by atoms with Crippen molar-refractivity contribution in [1.29, 1.82) is 0 Å². The normalized spacial score (nSPS) is 30.5. The summed E-state index contributed by atoms with van der Waals surface area (Å²) in [5.74, 6) is 8.19. The van der Waals surface area contributed by atoms with Crippen molar-refractivity contribution in [2.24, 2.45) is 46.0 Å². The van der Waals surface area contributed by atoms with Gasteiger partial charge in [0.2, 0.25) is 0 Å². The van der Waals surface area contributed by atoms with Gasteiger partial charge in [-0.3, -0.25) is 9.59 Å². The quantitative estimate of drug-likeness (QED) is 0.0454. The minimum Gasteiger partial charge on any atom is -0.508 e. The molecule has 80 heavy (non-hydrogen) atoms. The number of hydrogen-bond donors (Lipinski definition) is 9. The molecule has 5 aromatic rings. The second kappa shape index (κ2) is 23.9. The van der Waals surface area contributed by atoms with Crippen LogP contribution in [-0.4, -0.2) is 84.5 Å². The molecule has 2 heterocycles. The van der Waals surface area contributed by atoms with Gasteiger partial charge in [0.1, 0.15) is 5.75 Å². The number of nitrogens with two attached hydrogens (primary N) is 2. The van der Waals surface area contributed by atoms with Crippen LogP contribution in [0.3, 0.4) is 0 Å². The number of benzene rings is 4. The number of aliphatic hydroxyl groups excluding tert-OH is 3. The molecule has 11 rings (SSSR count). The van der Waals surface area contributed by atoms with Crippen molar-refractivity contribution < 1.29 is 45.0 Å². The number of allylic oxidation sites excluding steroid dienone is 2. The lowest BCUT2D eigenvalue weighted by atomic mass is 9.58. The highest BCUT2D eigenvalue weighted by Crippen LogP contribution is 2.65. The first-order valence-corrected chi connectivity index (χ1v) is 31.4. The fourth-order valence-corrected chi connectivity index (χ4v) is 18.1. The number of fused-ring (bicyclic) bond motifs is 9. The second-order valence-electron chi connectivity index (χ2n) is 24.5. The van der Waals surface area contributed by atoms with Gasteiger partial charge in [-0.05, 0) is 169 Å². The molecule has 6 aliphatic rings. The van der Waals surface area contributed by atoms with Crippen molar-refractivity contribution in [2.75, 3.05) is 25.6 Å². The van der Waals surface area contributed by atoms with Crippen LogP contribution in [0, 0.1) is 46.3 Å². The van der Waals surface area contributed by atoms with Gasteiger partial charge < -0.3 is 51.8 Å². The summed E-state index contributed by atoms with van der Waals surface area (Å²) in [6.07, 6.45) is 13.7. The maximum absolute atomic E-state index is 14.4. The van der Waals surface area contributed by atoms with Crippen molar-refractivity contribution in [2.45, 2.75) is 138 Å². The number of phenols is 2. The van der Waals surface area contributed by atoms with Crippen LogP contribution in [0.1, 0.15) is 161 Å². The first kappa shape index (κ1) is 56.5. The first-order chi connectivity index (χ1) is 38.7. The van der Waals surface area contributed by atoms with Crippen molar-refractivity contribution >= 4 is 33.2 Å². The second-order valence-corrected chi connectivity index (χ2v) is 26.9. The molecule has 10 atom stereocenters. The van der Waals surface area contributed by atoms with Crippen molar-refractivity contribution in [1.82, 2.24) is 4.98 Å². The van der Waals surface area contributed by atoms with Gasteiger partial charge in [-0.2, -0.15) is 0 Å². The molecule has 12 nitrogen and oxygen atoms in total. The zero-order valence-corrected chi connectivity index (χ0v) is 47.2. The number of ether oxygens (including phenoxy) is 1. The minimum atomic E-state index is -1.22. The molecule has 4 aromatic carbocycles. The molecular formula is C66H77N3O9S2. The van der Waals surface area contributed by atoms with Crippen LogP contribution in [-0.2, 0) is 36.2 Å². The molecule has 8 bridgehead atoms. The number of ketones is 2. The lowest BCUT2D eigenvalue weighted by Crippen LogP contribution is -2.44. The smallest absolute Gasteiger partial charge is 0.165 e. The Labute approximate surface area is 478 Å². The van der Waals surface area contributed by atoms with E-state index in [2.05, 4.69) is 53.2 Å². The van der Waals surface area contributed by atoms with Crippen LogP contribution in [0.4, 0.5) is 0 Å². The number of hydrogen-bond acceptors (Lipinski definition) is 13. The van der Waals surface area contributed by atoms with Crippen LogP contribution >= 0.6 is 21.6 Å². The standard InChI is InChI=1S/C66H77N3O9S2/c67-63(68)54-30-44-6-3-9-57-51(18-23-69-57)60(75)32-55-53(44)31-47(54)36-79-80-39-65-21-16-48(28-45-33-66(77,38-71)20-4-7-42-27-46(35-70)50-8-2-1-5-43(50)29-52(42)45)64(37-65,34-62(65)76)22-17-49(72)13-10-40-12-15-59(74)61(26-40)78-24-19-41-11-14-58(73)56(55)25-41/h1-2,5,8,11-12,14-15,17-18,22-23,25-26,30-31,42,45-46,48,52,55,62-63,69-71,73-74,76-77H,4,7,9-10,13,16,19-21,24,27-29,32-39,67-68H2/b22-17+/t42-,45-,46+,48-,52+,55-,62+,64-,65-,66-/m1/s1. The Morgan fingerprint density at radius 2 is 1.68 bits per heavy atom. The Morgan fingerprint density at radius 3 is 2.50 bits per heavy atom. The van der Waals surface area contributed by atoms with Crippen LogP contribution in [0.2, 0.25) is 0 Å². The van der Waals surface area contributed by atoms with Gasteiger partial charge in [0.25, 0.3) is 0 Å². The van der Waals surface area contributed by atoms with E-state index in [9.17, 15) is 40.2 Å². The van der Waals surface area contributed by atoms with Gasteiger partial charge in [0.05, 0.1) is 37.5 Å². The van der Waals surface area contributed by atoms with Gasteiger partial charge in [-0.15, -0.1) is 0 Å². The number of aromatic amines is 1. The molecule has 3 saturated carbocycles. The molecule has 0 radical (unpaired) electrons. The number of phenolic OH excluding ortho intramolecular Hbond substituents is 2. The molecule has 0 saturated heterocycles. The van der Waals surface area contributed by atoms with E-state index in [0.29, 0.717) is 84.8 Å². The van der Waals surface area contributed by atoms with E-state index >= 15 is 0 Å². The molecule has 1 aromatic heterocycles. The summed E-state index contributed by atoms with van der Waals surface area (Å²) in [7, 11) is 3.39. The number of aryl methyl sites for hydroxylation is 1. The van der Waals surface area contributed by atoms with Crippen molar-refractivity contribution in [3.63, 3.8) is 0 Å². The summed E-state index contributed by atoms with van der Waals surface area (Å²) < 4.78 is 6.23. The van der Waals surface area contributed by atoms with Crippen LogP contribution in [0.15, 0.2) is 97.2 Å². The Morgan fingerprint density at radius 1 is 0.850 bits per heavy atom. The molecule has 0 spiro atoms. The highest BCUT2D eigenvalue weighted by atomic mass is 33.1. The average molecular weight is 1120 g/mol. The predicted octanol–water partition coefficient (Wildman–Crippen LogP) is 10.0. The van der Waals surface area contributed by atoms with E-state index < -0.39 is 34.6 Å². The third kappa shape index (κ3) is 11.7. The van der Waals surface area contributed by atoms with Crippen LogP contribution in [0.5, 0.6) is 17.2 Å². The van der Waals surface area contributed by atoms with Gasteiger partial charge in [-0.25, -0.2) is 0 Å². The molecule has 422 valence electrons. The number of carbonyl (C=O) groups is 2. The van der Waals surface area contributed by atoms with E-state index in [1.165, 1.54) is 11.1 Å². The highest BCUT2D eigenvalue weighted by molar-refractivity contribution is 8.76. The average Bonchev–Trinajstić information content (AvgIpc) is 3.99. The van der Waals surface area contributed by atoms with E-state index in [1.54, 1.807) is 58.1 Å². The van der Waals surface area contributed by atoms with Crippen LogP contribution in [0.25, 0.3) is 0 Å². The molecule has 5 aliphatic carbocycles. The Balaban J connectivity index is 0.949. The fraction of sp³-hybridized carbons (Fsp3) is 0.485. The molecule has 3 fully saturated rings. The zero-order chi connectivity index (χ0) is 55.8. The number of Topliss-reactive ketones (excluding diaryl/α,β-unsaturated/α-hetero) is 1. The number of aromatic nitrogens is 1. The van der Waals surface area contributed by atoms with E-state index in [0.717, 1.165) is 78.5 Å². The zero-order valence-electron chi connectivity index (χ0n) is 45.6. The minimum absolute atomic E-state index is 0.0192. The van der Waals surface area contributed by atoms with Gasteiger partial charge in [0, 0.05) is 83.2 Å². The summed E-state index contributed by atoms with van der Waals surface area (Å²) >= 11 is 0. The van der Waals surface area contributed by atoms with Gasteiger partial charge in [0.15, 0.2) is 23.1 Å². The lowest BCUT2D eigenvalue weighted by Gasteiger charge is -2.48. The topological polar surface area (TPSA) is 233 Å². The largest absolute Gasteiger partial charge is 0.508 e. The van der Waals surface area contributed by atoms with E-state index in [-0.39, 0.29) is 79.4 Å². The maximum atomic E-state index is 14.4. The summed E-state index contributed by atoms with van der Waals surface area (Å²) in [6.45, 7) is -0.0272. The number of aliphatic hydroxyl groups is 4. The third-order valence-electron chi connectivity index (χ3n) is 19.6. The molecule has 14 heteroatoms. The van der Waals surface area contributed by atoms with Crippen molar-refractivity contribution in [3.05, 3.63) is 159 Å². The van der Waals surface area contributed by atoms with Crippen LogP contribution < -0.4 is 16.2 Å². The molecular weight excluding hydrogens is 1040 g/mol. The summed E-state index contributed by atoms with van der Waals surface area (Å²) in [4.78, 5) is 31.8. The van der Waals surface area contributed by atoms with Gasteiger partial charge >= 0.3 is 0 Å². The van der Waals surface area contributed by atoms with Gasteiger partial charge in [-0.1, -0.05) is 101 Å². The molecule has 0 unspecified atom stereocenters. The number of carbonyl (C=O) groups excluding carboxylic acids is 2. The number of H-pyrrole nitrogens is 1. The molecule has 11 N–H and O–H groups in total. The predicted molar refractivity (Wildman–Crippen MR) is 314 cm³/mol. The Bertz CT molecular complexity index is 3200. The Hall–Kier alpha value is -5.34. The molecule has 1 aliphatic heterocycles. The molecule has 0 amide bonds. The fourth-order valence-electron chi connectivity index (χ4n) is 15.3. The number of aromatic hydroxyl groups is 2. The van der Waals surface area contributed by atoms with E-state index in [1.807, 2.05) is 24.3 Å². The maximum Gasteiger partial charge on any atom is 0.165 e. The monoisotopic (exact) mass is 1120 g/mol. The Kier molecular flexibility index (Phi) is 16.9. The number of rotatable bonds is 5. The summed E-state index contributed by atoms with van der Waals surface area (Å²) in [5, 5.41) is 69.0. The SMILES string of the molecule is NC(N)c1cc2c3cc1CSSC[C@]14CC[C@H](C[C@@H]5C[C@@](O)(CO)CCC[C@@H]6C[C@@H](CO)c7ccccc7C[C@@H]65)[C@](/C=C/C(=O)CCc5ccc(O)c(c5)OCCc5ccc(O)c(c5)[C@@H]3CC(=O)c3cc[nH]c3CC#C2)(C[C@@H]1O)C4. The first-order valence-electron chi connectivity index (χ1n) is 28.9.